The van der Waals surface area contributed by atoms with E-state index in [0.29, 0.717) is 11.9 Å². The van der Waals surface area contributed by atoms with Crippen molar-refractivity contribution in [3.63, 3.8) is 0 Å². The summed E-state index contributed by atoms with van der Waals surface area (Å²) in [7, 11) is 0. The molecule has 1 heterocycles. The monoisotopic (exact) mass is 237 g/mol. The van der Waals surface area contributed by atoms with Gasteiger partial charge >= 0.3 is 0 Å². The van der Waals surface area contributed by atoms with Crippen LogP contribution in [0.4, 0.5) is 5.82 Å². The average Bonchev–Trinajstić information content (AvgIpc) is 2.73. The van der Waals surface area contributed by atoms with Crippen LogP contribution in [0.25, 0.3) is 0 Å². The van der Waals surface area contributed by atoms with Gasteiger partial charge in [0.25, 0.3) is 0 Å². The van der Waals surface area contributed by atoms with Gasteiger partial charge in [-0.1, -0.05) is 6.92 Å². The van der Waals surface area contributed by atoms with Gasteiger partial charge in [-0.2, -0.15) is 4.98 Å². The highest BCUT2D eigenvalue weighted by Crippen LogP contribution is 2.27. The van der Waals surface area contributed by atoms with E-state index >= 15 is 0 Å². The Morgan fingerprint density at radius 1 is 1.47 bits per heavy atom. The molecule has 5 heteroatoms. The Balaban J connectivity index is 1.91. The van der Waals surface area contributed by atoms with Crippen molar-refractivity contribution < 1.29 is 9.84 Å². The first-order valence-corrected chi connectivity index (χ1v) is 6.10. The minimum absolute atomic E-state index is 0.0144. The lowest BCUT2D eigenvalue weighted by Gasteiger charge is -2.13. The van der Waals surface area contributed by atoms with E-state index in [1.165, 1.54) is 19.3 Å². The fourth-order valence-corrected chi connectivity index (χ4v) is 2.18. The maximum absolute atomic E-state index is 8.67. The Kier molecular flexibility index (Phi) is 4.14. The fourth-order valence-electron chi connectivity index (χ4n) is 2.18. The van der Waals surface area contributed by atoms with Gasteiger partial charge in [0.1, 0.15) is 12.4 Å². The van der Waals surface area contributed by atoms with E-state index in [1.807, 2.05) is 0 Å². The molecule has 2 rings (SSSR count). The lowest BCUT2D eigenvalue weighted by Crippen LogP contribution is -2.16. The van der Waals surface area contributed by atoms with E-state index in [0.717, 1.165) is 11.7 Å². The summed E-state index contributed by atoms with van der Waals surface area (Å²) in [5.74, 6) is 1.99. The van der Waals surface area contributed by atoms with Gasteiger partial charge in [0, 0.05) is 6.04 Å². The Bertz CT molecular complexity index is 359. The van der Waals surface area contributed by atoms with Gasteiger partial charge in [0.2, 0.25) is 5.88 Å². The standard InChI is InChI=1S/C12H19N3O2/c1-9-2-3-10(6-9)14-11-7-13-8-12(15-11)17-5-4-16/h7-10,16H,2-6H2,1H3,(H,14,15). The van der Waals surface area contributed by atoms with Gasteiger partial charge in [-0.25, -0.2) is 0 Å². The summed E-state index contributed by atoms with van der Waals surface area (Å²) in [4.78, 5) is 8.36. The molecule has 94 valence electrons. The lowest BCUT2D eigenvalue weighted by atomic mass is 10.1. The molecule has 0 saturated heterocycles. The summed E-state index contributed by atoms with van der Waals surface area (Å²) in [5, 5.41) is 12.0. The molecule has 0 spiro atoms. The smallest absolute Gasteiger partial charge is 0.234 e. The Hall–Kier alpha value is -1.36. The molecule has 0 aliphatic heterocycles. The van der Waals surface area contributed by atoms with Crippen molar-refractivity contribution in [1.82, 2.24) is 9.97 Å². The largest absolute Gasteiger partial charge is 0.474 e. The molecular weight excluding hydrogens is 218 g/mol. The van der Waals surface area contributed by atoms with Crippen LogP contribution in [0.15, 0.2) is 12.4 Å². The number of nitrogens with one attached hydrogen (secondary N) is 1. The molecule has 1 saturated carbocycles. The van der Waals surface area contributed by atoms with Gasteiger partial charge in [-0.05, 0) is 25.2 Å². The van der Waals surface area contributed by atoms with E-state index in [-0.39, 0.29) is 13.2 Å². The molecular formula is C12H19N3O2. The Labute approximate surface area is 101 Å². The molecule has 2 atom stereocenters. The summed E-state index contributed by atoms with van der Waals surface area (Å²) in [6.07, 6.45) is 6.90. The first-order valence-electron chi connectivity index (χ1n) is 6.10. The molecule has 0 aromatic carbocycles. The van der Waals surface area contributed by atoms with E-state index in [2.05, 4.69) is 22.2 Å². The summed E-state index contributed by atoms with van der Waals surface area (Å²) < 4.78 is 5.22. The predicted octanol–water partition coefficient (Wildman–Crippen LogP) is 1.45. The van der Waals surface area contributed by atoms with Gasteiger partial charge in [0.15, 0.2) is 0 Å². The van der Waals surface area contributed by atoms with E-state index in [9.17, 15) is 0 Å². The topological polar surface area (TPSA) is 67.3 Å². The molecule has 2 unspecified atom stereocenters. The zero-order chi connectivity index (χ0) is 12.1. The van der Waals surface area contributed by atoms with Crippen LogP contribution in [-0.2, 0) is 0 Å². The zero-order valence-electron chi connectivity index (χ0n) is 10.1. The number of aliphatic hydroxyl groups is 1. The van der Waals surface area contributed by atoms with E-state index in [4.69, 9.17) is 9.84 Å². The van der Waals surface area contributed by atoms with Gasteiger partial charge in [-0.3, -0.25) is 4.98 Å². The second-order valence-electron chi connectivity index (χ2n) is 4.57. The van der Waals surface area contributed by atoms with Crippen molar-refractivity contribution in [3.8, 4) is 5.88 Å². The molecule has 1 aliphatic rings. The molecule has 1 aromatic rings. The third-order valence-electron chi connectivity index (χ3n) is 3.00. The normalized spacial score (nSPS) is 23.6. The maximum Gasteiger partial charge on any atom is 0.234 e. The first-order chi connectivity index (χ1) is 8.28. The van der Waals surface area contributed by atoms with Crippen molar-refractivity contribution in [2.24, 2.45) is 5.92 Å². The second kappa shape index (κ2) is 5.82. The summed E-state index contributed by atoms with van der Waals surface area (Å²) in [5.41, 5.74) is 0. The van der Waals surface area contributed by atoms with Crippen LogP contribution in [-0.4, -0.2) is 34.3 Å². The molecule has 0 bridgehead atoms. The Morgan fingerprint density at radius 2 is 2.35 bits per heavy atom. The van der Waals surface area contributed by atoms with Crippen LogP contribution in [0.1, 0.15) is 26.2 Å². The highest BCUT2D eigenvalue weighted by Gasteiger charge is 2.21. The number of anilines is 1. The van der Waals surface area contributed by atoms with Crippen LogP contribution in [0, 0.1) is 5.92 Å². The van der Waals surface area contributed by atoms with Gasteiger partial charge in [-0.15, -0.1) is 0 Å². The summed E-state index contributed by atoms with van der Waals surface area (Å²) >= 11 is 0. The maximum atomic E-state index is 8.67. The van der Waals surface area contributed by atoms with Crippen LogP contribution < -0.4 is 10.1 Å². The zero-order valence-corrected chi connectivity index (χ0v) is 10.1. The van der Waals surface area contributed by atoms with Crippen molar-refractivity contribution in [2.75, 3.05) is 18.5 Å². The van der Waals surface area contributed by atoms with Gasteiger partial charge < -0.3 is 15.2 Å². The number of hydrogen-bond acceptors (Lipinski definition) is 5. The molecule has 1 aromatic heterocycles. The van der Waals surface area contributed by atoms with Crippen LogP contribution >= 0.6 is 0 Å². The summed E-state index contributed by atoms with van der Waals surface area (Å²) in [6.45, 7) is 2.51. The molecule has 0 amide bonds. The number of hydrogen-bond donors (Lipinski definition) is 2. The molecule has 0 radical (unpaired) electrons. The first kappa shape index (κ1) is 12.1. The second-order valence-corrected chi connectivity index (χ2v) is 4.57. The van der Waals surface area contributed by atoms with Gasteiger partial charge in [0.05, 0.1) is 19.0 Å². The van der Waals surface area contributed by atoms with Crippen LogP contribution in [0.3, 0.4) is 0 Å². The van der Waals surface area contributed by atoms with Crippen molar-refractivity contribution in [1.29, 1.82) is 0 Å². The average molecular weight is 237 g/mol. The molecule has 1 fully saturated rings. The summed E-state index contributed by atoms with van der Waals surface area (Å²) in [6, 6.07) is 0.493. The van der Waals surface area contributed by atoms with E-state index in [1.54, 1.807) is 12.4 Å². The lowest BCUT2D eigenvalue weighted by molar-refractivity contribution is 0.196. The van der Waals surface area contributed by atoms with Crippen molar-refractivity contribution >= 4 is 5.82 Å². The molecule has 1 aliphatic carbocycles. The number of rotatable bonds is 5. The third kappa shape index (κ3) is 3.56. The van der Waals surface area contributed by atoms with E-state index < -0.39 is 0 Å². The number of aliphatic hydroxyl groups excluding tert-OH is 1. The molecule has 5 nitrogen and oxygen atoms in total. The van der Waals surface area contributed by atoms with Crippen molar-refractivity contribution in [3.05, 3.63) is 12.4 Å². The van der Waals surface area contributed by atoms with Crippen molar-refractivity contribution in [2.45, 2.75) is 32.2 Å². The molecule has 2 N–H and O–H groups in total. The quantitative estimate of drug-likeness (QED) is 0.811. The Morgan fingerprint density at radius 3 is 3.06 bits per heavy atom. The molecule has 17 heavy (non-hydrogen) atoms. The van der Waals surface area contributed by atoms with Crippen LogP contribution in [0.2, 0.25) is 0 Å². The fraction of sp³-hybridized carbons (Fsp3) is 0.667. The highest BCUT2D eigenvalue weighted by atomic mass is 16.5. The number of nitrogens with zero attached hydrogens (tertiary/aromatic N) is 2. The highest BCUT2D eigenvalue weighted by molar-refractivity contribution is 5.34. The minimum Gasteiger partial charge on any atom is -0.474 e. The minimum atomic E-state index is -0.0144. The SMILES string of the molecule is CC1CCC(Nc2cncc(OCCO)n2)C1. The third-order valence-corrected chi connectivity index (χ3v) is 3.00. The van der Waals surface area contributed by atoms with Crippen LogP contribution in [0.5, 0.6) is 5.88 Å². The number of aromatic nitrogens is 2. The predicted molar refractivity (Wildman–Crippen MR) is 65.0 cm³/mol. The number of ether oxygens (including phenoxy) is 1.